The summed E-state index contributed by atoms with van der Waals surface area (Å²) in [4.78, 5) is 165. The Bertz CT molecular complexity index is 3010. The minimum atomic E-state index is -1.52. The van der Waals surface area contributed by atoms with Gasteiger partial charge in [-0.05, 0) is 54.9 Å². The summed E-state index contributed by atoms with van der Waals surface area (Å²) in [6.07, 6.45) is 8.29. The van der Waals surface area contributed by atoms with Crippen LogP contribution in [-0.2, 0) is 78.4 Å². The highest BCUT2D eigenvalue weighted by Crippen LogP contribution is 2.20. The van der Waals surface area contributed by atoms with E-state index < -0.39 is 133 Å². The molecule has 5 aromatic rings. The summed E-state index contributed by atoms with van der Waals surface area (Å²) in [5.41, 5.74) is 19.1. The Labute approximate surface area is 482 Å². The molecule has 0 bridgehead atoms. The lowest BCUT2D eigenvalue weighted by Crippen LogP contribution is -2.60. The van der Waals surface area contributed by atoms with Gasteiger partial charge in [-0.3, -0.25) is 52.7 Å². The molecule has 0 unspecified atom stereocenters. The van der Waals surface area contributed by atoms with Crippen LogP contribution in [0.5, 0.6) is 0 Å². The number of nitrogens with one attached hydrogen (secondary N) is 12. The van der Waals surface area contributed by atoms with E-state index >= 15 is 0 Å². The van der Waals surface area contributed by atoms with Crippen LogP contribution in [0, 0.1) is 5.92 Å². The van der Waals surface area contributed by atoms with E-state index in [4.69, 9.17) is 17.2 Å². The summed E-state index contributed by atoms with van der Waals surface area (Å²) >= 11 is 1.46. The lowest BCUT2D eigenvalue weighted by molar-refractivity contribution is -0.135. The van der Waals surface area contributed by atoms with Gasteiger partial charge in [0.25, 0.3) is 0 Å². The highest BCUT2D eigenvalue weighted by atomic mass is 32.2. The van der Waals surface area contributed by atoms with Crippen molar-refractivity contribution >= 4 is 87.6 Å². The molecule has 28 nitrogen and oxygen atoms in total. The normalized spacial score (nSPS) is 14.0. The highest BCUT2D eigenvalue weighted by molar-refractivity contribution is 7.98. The minimum absolute atomic E-state index is 0.0857. The number of nitrogens with zero attached hydrogens (tertiary/aromatic N) is 2. The van der Waals surface area contributed by atoms with E-state index in [1.54, 1.807) is 60.8 Å². The molecule has 0 saturated heterocycles. The summed E-state index contributed by atoms with van der Waals surface area (Å²) < 4.78 is 0. The molecule has 0 radical (unpaired) electrons. The average Bonchev–Trinajstić information content (AvgIpc) is 4.47. The summed E-state index contributed by atoms with van der Waals surface area (Å²) in [6.45, 7) is 3.82. The monoisotopic (exact) mass is 1170 g/mol. The van der Waals surface area contributed by atoms with Gasteiger partial charge in [0, 0.05) is 66.6 Å². The van der Waals surface area contributed by atoms with E-state index in [-0.39, 0.29) is 44.4 Å². The van der Waals surface area contributed by atoms with Crippen LogP contribution in [0.2, 0.25) is 0 Å². The average molecular weight is 1170 g/mol. The molecule has 11 amide bonds. The van der Waals surface area contributed by atoms with Gasteiger partial charge < -0.3 is 80.0 Å². The number of aromatic amines is 3. The number of amides is 11. The first-order chi connectivity index (χ1) is 39.6. The molecule has 0 aliphatic rings. The van der Waals surface area contributed by atoms with Gasteiger partial charge in [-0.25, -0.2) is 9.97 Å². The predicted octanol–water partition coefficient (Wildman–Crippen LogP) is -2.98. The third-order valence-corrected chi connectivity index (χ3v) is 13.6. The maximum absolute atomic E-state index is 14.4. The fourth-order valence-corrected chi connectivity index (χ4v) is 9.10. The number of benzene rings is 2. The molecule has 2 aromatic carbocycles. The van der Waals surface area contributed by atoms with E-state index in [1.807, 2.05) is 20.1 Å². The van der Waals surface area contributed by atoms with Gasteiger partial charge in [0.15, 0.2) is 0 Å². The predicted molar refractivity (Wildman–Crippen MR) is 305 cm³/mol. The summed E-state index contributed by atoms with van der Waals surface area (Å²) in [7, 11) is 0. The third-order valence-electron chi connectivity index (χ3n) is 12.9. The Morgan fingerprint density at radius 3 is 1.65 bits per heavy atom. The number of hydrogen-bond acceptors (Lipinski definition) is 15. The third kappa shape index (κ3) is 21.1. The maximum atomic E-state index is 14.4. The molecule has 3 heterocycles. The van der Waals surface area contributed by atoms with Crippen LogP contribution in [0.1, 0.15) is 62.5 Å². The van der Waals surface area contributed by atoms with Crippen LogP contribution in [0.4, 0.5) is 0 Å². The van der Waals surface area contributed by atoms with Crippen molar-refractivity contribution < 1.29 is 52.7 Å². The Kier molecular flexibility index (Phi) is 25.2. The first kappa shape index (κ1) is 64.7. The van der Waals surface area contributed by atoms with Crippen molar-refractivity contribution in [3.05, 3.63) is 108 Å². The van der Waals surface area contributed by atoms with Crippen LogP contribution in [0.15, 0.2) is 85.8 Å². The van der Waals surface area contributed by atoms with Crippen molar-refractivity contribution in [3.8, 4) is 0 Å². The molecule has 3 aromatic heterocycles. The van der Waals surface area contributed by atoms with Crippen molar-refractivity contribution in [2.45, 2.75) is 114 Å². The first-order valence-corrected chi connectivity index (χ1v) is 28.0. The number of hydrogen-bond donors (Lipinski definition) is 15. The van der Waals surface area contributed by atoms with Gasteiger partial charge in [-0.2, -0.15) is 11.8 Å². The second kappa shape index (κ2) is 32.4. The van der Waals surface area contributed by atoms with Crippen molar-refractivity contribution in [3.63, 3.8) is 0 Å². The molecule has 0 aliphatic carbocycles. The zero-order chi connectivity index (χ0) is 60.6. The number of carbonyl (C=O) groups excluding carboxylic acids is 11. The summed E-state index contributed by atoms with van der Waals surface area (Å²) in [5, 5.41) is 24.0. The zero-order valence-corrected chi connectivity index (χ0v) is 47.2. The molecule has 8 atom stereocenters. The second-order valence-electron chi connectivity index (χ2n) is 20.0. The van der Waals surface area contributed by atoms with Gasteiger partial charge >= 0.3 is 0 Å². The molecule has 0 spiro atoms. The number of fused-ring (bicyclic) bond motifs is 1. The van der Waals surface area contributed by atoms with E-state index in [0.29, 0.717) is 33.7 Å². The van der Waals surface area contributed by atoms with E-state index in [2.05, 4.69) is 72.8 Å². The Morgan fingerprint density at radius 1 is 0.554 bits per heavy atom. The fourth-order valence-electron chi connectivity index (χ4n) is 8.63. The lowest BCUT2D eigenvalue weighted by Gasteiger charge is -2.26. The van der Waals surface area contributed by atoms with Crippen LogP contribution in [0.25, 0.3) is 10.9 Å². The van der Waals surface area contributed by atoms with Crippen molar-refractivity contribution in [1.82, 2.24) is 72.8 Å². The van der Waals surface area contributed by atoms with Crippen molar-refractivity contribution in [2.24, 2.45) is 23.1 Å². The first-order valence-electron chi connectivity index (χ1n) is 26.6. The van der Waals surface area contributed by atoms with E-state index in [9.17, 15) is 52.7 Å². The van der Waals surface area contributed by atoms with Gasteiger partial charge in [0.05, 0.1) is 32.2 Å². The highest BCUT2D eigenvalue weighted by Gasteiger charge is 2.34. The van der Waals surface area contributed by atoms with Gasteiger partial charge in [-0.1, -0.05) is 62.4 Å². The van der Waals surface area contributed by atoms with Crippen LogP contribution >= 0.6 is 11.8 Å². The molecule has 0 fully saturated rings. The Morgan fingerprint density at radius 2 is 1.07 bits per heavy atom. The van der Waals surface area contributed by atoms with Crippen molar-refractivity contribution in [2.75, 3.05) is 25.1 Å². The number of para-hydroxylation sites is 1. The lowest BCUT2D eigenvalue weighted by atomic mass is 10.0. The zero-order valence-electron chi connectivity index (χ0n) is 46.4. The number of H-pyrrole nitrogens is 3. The number of aromatic nitrogens is 5. The minimum Gasteiger partial charge on any atom is -0.370 e. The van der Waals surface area contributed by atoms with E-state index in [1.165, 1.54) is 43.7 Å². The largest absolute Gasteiger partial charge is 0.370 e. The Balaban J connectivity index is 1.32. The SMILES string of the molecule is CSCC[C@H](NC(=O)[C@H](CC(C)C)NC(=O)[C@H](Cc1cnc[nH]1)NC(=O)CNC(=O)[C@H](Cc1ccccc1)NC(=O)[C@H](C)NC(=O)[C@H](Cc1c[nH]c2ccccc12)NC(=O)[C@H](Cc1cnc[nH]1)NC(=O)[C@H](CC(N)=O)NC(=O)CN)C(N)=O. The summed E-state index contributed by atoms with van der Waals surface area (Å²) in [5.74, 6) is -8.61. The molecule has 446 valence electrons. The molecular formula is C54H73N17O11S. The number of imidazole rings is 2. The number of carbonyl (C=O) groups is 11. The molecule has 0 aliphatic heterocycles. The quantitative estimate of drug-likeness (QED) is 0.0195. The van der Waals surface area contributed by atoms with E-state index in [0.717, 1.165) is 5.52 Å². The summed E-state index contributed by atoms with van der Waals surface area (Å²) in [6, 6.07) is 5.24. The molecule has 83 heavy (non-hydrogen) atoms. The van der Waals surface area contributed by atoms with Crippen LogP contribution in [-0.4, -0.2) is 163 Å². The molecule has 29 heteroatoms. The van der Waals surface area contributed by atoms with Gasteiger partial charge in [-0.15, -0.1) is 0 Å². The van der Waals surface area contributed by atoms with Crippen LogP contribution in [0.3, 0.4) is 0 Å². The topological polar surface area (TPSA) is 447 Å². The molecular weight excluding hydrogens is 1090 g/mol. The number of rotatable bonds is 34. The Hall–Kier alpha value is -9.12. The smallest absolute Gasteiger partial charge is 0.243 e. The van der Waals surface area contributed by atoms with Gasteiger partial charge in [0.1, 0.15) is 48.3 Å². The van der Waals surface area contributed by atoms with Crippen molar-refractivity contribution in [1.29, 1.82) is 0 Å². The second-order valence-corrected chi connectivity index (χ2v) is 21.0. The number of nitrogens with two attached hydrogens (primary N) is 3. The maximum Gasteiger partial charge on any atom is 0.243 e. The van der Waals surface area contributed by atoms with Crippen LogP contribution < -0.4 is 65.1 Å². The standard InChI is InChI=1S/C54H73N17O11S/c1-29(2)16-38(51(79)67-37(47(57)75)14-15-83-4)69-52(80)41(19-33-24-58-27-62-33)66-46(74)26-61-49(77)39(17-31-10-6-5-7-11-31)68-48(76)30(3)64-50(78)40(18-32-23-60-36-13-9-8-12-35(32)36)70-53(81)42(20-34-25-59-28-63-34)71-54(82)43(21-44(56)72)65-45(73)22-55/h5-13,23-25,27-30,37-43,60H,14-22,26,55H2,1-4H3,(H2,56,72)(H2,57,75)(H,58,62)(H,59,63)(H,61,77)(H,64,78)(H,65,73)(H,66,74)(H,67,79)(H,68,76)(H,69,80)(H,70,81)(H,71,82)/t30-,37-,38-,39-,40-,41-,42-,43-/m0/s1. The molecule has 0 saturated carbocycles. The fraction of sp³-hybridized carbons (Fsp3) is 0.426. The molecule has 18 N–H and O–H groups in total. The number of primary amides is 2. The van der Waals surface area contributed by atoms with Gasteiger partial charge in [0.2, 0.25) is 65.0 Å². The molecule has 5 rings (SSSR count). The number of thioether (sulfide) groups is 1.